The molecule has 0 saturated carbocycles. The van der Waals surface area contributed by atoms with Gasteiger partial charge in [-0.25, -0.2) is 4.98 Å². The fourth-order valence-corrected chi connectivity index (χ4v) is 2.54. The topological polar surface area (TPSA) is 54.0 Å². The molecule has 20 heavy (non-hydrogen) atoms. The summed E-state index contributed by atoms with van der Waals surface area (Å²) in [5.74, 6) is 1.14. The van der Waals surface area contributed by atoms with Crippen LogP contribution < -0.4 is 10.6 Å². The molecule has 0 radical (unpaired) electrons. The summed E-state index contributed by atoms with van der Waals surface area (Å²) in [5, 5.41) is 5.91. The molecule has 1 aromatic carbocycles. The summed E-state index contributed by atoms with van der Waals surface area (Å²) in [5.41, 5.74) is 3.35. The fraction of sp³-hybridized carbons (Fsp3) is 0.250. The number of fused-ring (bicyclic) bond motifs is 1. The molecule has 0 aliphatic heterocycles. The van der Waals surface area contributed by atoms with Crippen molar-refractivity contribution in [1.29, 1.82) is 0 Å². The van der Waals surface area contributed by atoms with Gasteiger partial charge in [0.15, 0.2) is 0 Å². The second-order valence-electron chi connectivity index (χ2n) is 4.99. The van der Waals surface area contributed by atoms with Gasteiger partial charge in [-0.15, -0.1) is 0 Å². The maximum atomic E-state index is 12.0. The number of benzene rings is 1. The summed E-state index contributed by atoms with van der Waals surface area (Å²) < 4.78 is 0. The minimum Gasteiger partial charge on any atom is -0.373 e. The lowest BCUT2D eigenvalue weighted by molar-refractivity contribution is 0.0949. The molecule has 0 bridgehead atoms. The number of hydrogen-bond donors (Lipinski definition) is 2. The molecular formula is C16H17N3O. The monoisotopic (exact) mass is 267 g/mol. The summed E-state index contributed by atoms with van der Waals surface area (Å²) in [7, 11) is 1.80. The van der Waals surface area contributed by atoms with E-state index in [1.165, 1.54) is 11.1 Å². The summed E-state index contributed by atoms with van der Waals surface area (Å²) in [6, 6.07) is 12.0. The van der Waals surface area contributed by atoms with Crippen LogP contribution in [0.2, 0.25) is 0 Å². The van der Waals surface area contributed by atoms with Crippen LogP contribution in [0.3, 0.4) is 0 Å². The zero-order valence-corrected chi connectivity index (χ0v) is 11.4. The zero-order valence-electron chi connectivity index (χ0n) is 11.4. The average Bonchev–Trinajstić information content (AvgIpc) is 2.48. The number of carbonyl (C=O) groups is 1. The molecule has 1 unspecified atom stereocenters. The molecule has 0 spiro atoms. The van der Waals surface area contributed by atoms with Gasteiger partial charge in [-0.1, -0.05) is 24.3 Å². The van der Waals surface area contributed by atoms with E-state index in [1.54, 1.807) is 25.4 Å². The van der Waals surface area contributed by atoms with Gasteiger partial charge >= 0.3 is 0 Å². The molecule has 1 aliphatic rings. The molecule has 1 atom stereocenters. The van der Waals surface area contributed by atoms with Gasteiger partial charge in [-0.3, -0.25) is 4.79 Å². The van der Waals surface area contributed by atoms with Crippen LogP contribution >= 0.6 is 0 Å². The zero-order chi connectivity index (χ0) is 13.9. The first kappa shape index (κ1) is 12.7. The van der Waals surface area contributed by atoms with Gasteiger partial charge in [0.2, 0.25) is 0 Å². The SMILES string of the molecule is CNc1ccc(C(=O)NCC2Cc3ccccc32)cn1. The number of nitrogens with zero attached hydrogens (tertiary/aromatic N) is 1. The summed E-state index contributed by atoms with van der Waals surface area (Å²) in [6.07, 6.45) is 2.64. The minimum atomic E-state index is -0.0652. The van der Waals surface area contributed by atoms with Crippen molar-refractivity contribution in [3.05, 3.63) is 59.3 Å². The summed E-state index contributed by atoms with van der Waals surface area (Å²) >= 11 is 0. The van der Waals surface area contributed by atoms with Crippen LogP contribution in [0.1, 0.15) is 27.4 Å². The maximum Gasteiger partial charge on any atom is 0.252 e. The first-order valence-electron chi connectivity index (χ1n) is 6.77. The van der Waals surface area contributed by atoms with E-state index >= 15 is 0 Å². The number of aromatic nitrogens is 1. The first-order chi connectivity index (χ1) is 9.78. The Morgan fingerprint density at radius 3 is 2.85 bits per heavy atom. The van der Waals surface area contributed by atoms with E-state index in [9.17, 15) is 4.79 Å². The van der Waals surface area contributed by atoms with Crippen LogP contribution in [0.4, 0.5) is 5.82 Å². The molecular weight excluding hydrogens is 250 g/mol. The number of carbonyl (C=O) groups excluding carboxylic acids is 1. The van der Waals surface area contributed by atoms with Gasteiger partial charge in [0.05, 0.1) is 5.56 Å². The van der Waals surface area contributed by atoms with E-state index < -0.39 is 0 Å². The molecule has 4 nitrogen and oxygen atoms in total. The molecule has 2 N–H and O–H groups in total. The lowest BCUT2D eigenvalue weighted by Gasteiger charge is -2.30. The third-order valence-corrected chi connectivity index (χ3v) is 3.75. The number of rotatable bonds is 4. The number of amides is 1. The highest BCUT2D eigenvalue weighted by Gasteiger charge is 2.25. The molecule has 1 aromatic heterocycles. The van der Waals surface area contributed by atoms with Gasteiger partial charge in [0.25, 0.3) is 5.91 Å². The van der Waals surface area contributed by atoms with Gasteiger partial charge in [-0.05, 0) is 29.7 Å². The predicted octanol–water partition coefficient (Wildman–Crippen LogP) is 2.19. The number of anilines is 1. The lowest BCUT2D eigenvalue weighted by Crippen LogP contribution is -2.33. The lowest BCUT2D eigenvalue weighted by atomic mass is 9.77. The number of pyridine rings is 1. The molecule has 1 amide bonds. The van der Waals surface area contributed by atoms with E-state index in [4.69, 9.17) is 0 Å². The third-order valence-electron chi connectivity index (χ3n) is 3.75. The van der Waals surface area contributed by atoms with Crippen molar-refractivity contribution >= 4 is 11.7 Å². The van der Waals surface area contributed by atoms with E-state index in [0.29, 0.717) is 18.0 Å². The Morgan fingerprint density at radius 2 is 2.15 bits per heavy atom. The van der Waals surface area contributed by atoms with E-state index in [0.717, 1.165) is 12.2 Å². The smallest absolute Gasteiger partial charge is 0.252 e. The highest BCUT2D eigenvalue weighted by molar-refractivity contribution is 5.94. The van der Waals surface area contributed by atoms with Crippen LogP contribution in [0, 0.1) is 0 Å². The van der Waals surface area contributed by atoms with Crippen LogP contribution in [-0.4, -0.2) is 24.5 Å². The quantitative estimate of drug-likeness (QED) is 0.893. The molecule has 2 aromatic rings. The molecule has 0 saturated heterocycles. The predicted molar refractivity (Wildman–Crippen MR) is 79.0 cm³/mol. The van der Waals surface area contributed by atoms with Crippen LogP contribution in [-0.2, 0) is 6.42 Å². The Bertz CT molecular complexity index is 622. The largest absolute Gasteiger partial charge is 0.373 e. The average molecular weight is 267 g/mol. The Balaban J connectivity index is 1.58. The molecule has 0 fully saturated rings. The first-order valence-corrected chi connectivity index (χ1v) is 6.77. The standard InChI is InChI=1S/C16H17N3O/c1-17-15-7-6-12(9-18-15)16(20)19-10-13-8-11-4-2-3-5-14(11)13/h2-7,9,13H,8,10H2,1H3,(H,17,18)(H,19,20). The number of hydrogen-bond acceptors (Lipinski definition) is 3. The molecule has 3 rings (SSSR count). The summed E-state index contributed by atoms with van der Waals surface area (Å²) in [6.45, 7) is 0.684. The van der Waals surface area contributed by atoms with Crippen molar-refractivity contribution in [2.75, 3.05) is 18.9 Å². The highest BCUT2D eigenvalue weighted by Crippen LogP contribution is 2.33. The molecule has 4 heteroatoms. The van der Waals surface area contributed by atoms with Gasteiger partial charge in [0, 0.05) is 25.7 Å². The van der Waals surface area contributed by atoms with Crippen LogP contribution in [0.15, 0.2) is 42.6 Å². The Morgan fingerprint density at radius 1 is 1.30 bits per heavy atom. The van der Waals surface area contributed by atoms with Crippen LogP contribution in [0.25, 0.3) is 0 Å². The fourth-order valence-electron chi connectivity index (χ4n) is 2.54. The van der Waals surface area contributed by atoms with E-state index in [-0.39, 0.29) is 5.91 Å². The summed E-state index contributed by atoms with van der Waals surface area (Å²) in [4.78, 5) is 16.2. The second kappa shape index (κ2) is 5.33. The van der Waals surface area contributed by atoms with Gasteiger partial charge < -0.3 is 10.6 Å². The van der Waals surface area contributed by atoms with Crippen molar-refractivity contribution in [2.24, 2.45) is 0 Å². The van der Waals surface area contributed by atoms with Gasteiger partial charge in [-0.2, -0.15) is 0 Å². The van der Waals surface area contributed by atoms with Crippen molar-refractivity contribution in [3.8, 4) is 0 Å². The van der Waals surface area contributed by atoms with Crippen molar-refractivity contribution in [3.63, 3.8) is 0 Å². The highest BCUT2D eigenvalue weighted by atomic mass is 16.1. The molecule has 1 heterocycles. The van der Waals surface area contributed by atoms with Crippen molar-refractivity contribution < 1.29 is 4.79 Å². The van der Waals surface area contributed by atoms with E-state index in [2.05, 4.69) is 33.8 Å². The third kappa shape index (κ3) is 2.37. The minimum absolute atomic E-state index is 0.0652. The Labute approximate surface area is 118 Å². The molecule has 1 aliphatic carbocycles. The van der Waals surface area contributed by atoms with Crippen LogP contribution in [0.5, 0.6) is 0 Å². The molecule has 102 valence electrons. The number of nitrogens with one attached hydrogen (secondary N) is 2. The van der Waals surface area contributed by atoms with Crippen molar-refractivity contribution in [1.82, 2.24) is 10.3 Å². The maximum absolute atomic E-state index is 12.0. The Hall–Kier alpha value is -2.36. The van der Waals surface area contributed by atoms with Crippen molar-refractivity contribution in [2.45, 2.75) is 12.3 Å². The van der Waals surface area contributed by atoms with E-state index in [1.807, 2.05) is 6.07 Å². The van der Waals surface area contributed by atoms with Gasteiger partial charge in [0.1, 0.15) is 5.82 Å². The normalized spacial score (nSPS) is 15.9. The second-order valence-corrected chi connectivity index (χ2v) is 4.99. The Kier molecular flexibility index (Phi) is 3.37.